The molecule has 0 fully saturated rings. The van der Waals surface area contributed by atoms with Gasteiger partial charge in [0.05, 0.1) is 16.1 Å². The highest BCUT2D eigenvalue weighted by Crippen LogP contribution is 2.30. The highest BCUT2D eigenvalue weighted by molar-refractivity contribution is 6.33. The van der Waals surface area contributed by atoms with E-state index in [1.165, 1.54) is 0 Å². The smallest absolute Gasteiger partial charge is 0.226 e. The third-order valence-electron chi connectivity index (χ3n) is 3.40. The molecule has 1 aromatic heterocycles. The second-order valence-corrected chi connectivity index (χ2v) is 5.85. The number of carbonyl (C=O) groups excluding carboxylic acids is 1. The first-order chi connectivity index (χ1) is 10.5. The molecule has 0 spiro atoms. The number of nitrogens with zero attached hydrogens (tertiary/aromatic N) is 1. The molecule has 4 nitrogen and oxygen atoms in total. The van der Waals surface area contributed by atoms with Crippen molar-refractivity contribution in [2.75, 3.05) is 5.32 Å². The van der Waals surface area contributed by atoms with Gasteiger partial charge >= 0.3 is 0 Å². The zero-order valence-corrected chi connectivity index (χ0v) is 13.1. The largest absolute Gasteiger partial charge is 0.338 e. The summed E-state index contributed by atoms with van der Waals surface area (Å²) in [5.74, 6) is 0.579. The first-order valence-electron chi connectivity index (χ1n) is 7.10. The topological polar surface area (TPSA) is 57.8 Å². The molecule has 5 heteroatoms. The molecule has 0 unspecified atom stereocenters. The molecule has 0 saturated heterocycles. The van der Waals surface area contributed by atoms with Crippen LogP contribution in [0.2, 0.25) is 5.02 Å². The summed E-state index contributed by atoms with van der Waals surface area (Å²) in [6.07, 6.45) is 0. The lowest BCUT2D eigenvalue weighted by Gasteiger charge is -2.09. The molecule has 1 amide bonds. The molecule has 0 saturated carbocycles. The number of H-pyrrole nitrogens is 1. The van der Waals surface area contributed by atoms with E-state index in [0.717, 1.165) is 16.6 Å². The van der Waals surface area contributed by atoms with E-state index in [0.29, 0.717) is 16.5 Å². The van der Waals surface area contributed by atoms with Crippen molar-refractivity contribution in [1.82, 2.24) is 9.97 Å². The lowest BCUT2D eigenvalue weighted by molar-refractivity contribution is -0.118. The van der Waals surface area contributed by atoms with Crippen molar-refractivity contribution in [2.45, 2.75) is 13.8 Å². The van der Waals surface area contributed by atoms with Gasteiger partial charge < -0.3 is 10.3 Å². The minimum absolute atomic E-state index is 0.0297. The lowest BCUT2D eigenvalue weighted by Crippen LogP contribution is -2.17. The average molecular weight is 314 g/mol. The van der Waals surface area contributed by atoms with Crippen LogP contribution in [-0.4, -0.2) is 15.9 Å². The molecule has 0 aliphatic heterocycles. The summed E-state index contributed by atoms with van der Waals surface area (Å²) >= 11 is 6.28. The van der Waals surface area contributed by atoms with Gasteiger partial charge in [-0.25, -0.2) is 4.98 Å². The molecule has 112 valence electrons. The van der Waals surface area contributed by atoms with Crippen LogP contribution in [0, 0.1) is 5.92 Å². The van der Waals surface area contributed by atoms with Gasteiger partial charge in [0.15, 0.2) is 0 Å². The number of anilines is 1. The van der Waals surface area contributed by atoms with Crippen molar-refractivity contribution in [3.05, 3.63) is 47.5 Å². The number of nitrogens with one attached hydrogen (secondary N) is 2. The molecule has 1 heterocycles. The third-order valence-corrected chi connectivity index (χ3v) is 3.73. The summed E-state index contributed by atoms with van der Waals surface area (Å²) < 4.78 is 0. The van der Waals surface area contributed by atoms with Crippen molar-refractivity contribution in [2.24, 2.45) is 5.92 Å². The normalized spacial score (nSPS) is 11.1. The summed E-state index contributed by atoms with van der Waals surface area (Å²) in [5, 5.41) is 3.46. The van der Waals surface area contributed by atoms with E-state index >= 15 is 0 Å². The standard InChI is InChI=1S/C17H16ClN3O/c1-10(2)17(22)19-11-7-8-13(18)12(9-11)16-20-14-5-3-4-6-15(14)21-16/h3-10H,1-2H3,(H,19,22)(H,20,21). The summed E-state index contributed by atoms with van der Waals surface area (Å²) in [6.45, 7) is 3.71. The SMILES string of the molecule is CC(C)C(=O)Nc1ccc(Cl)c(-c2nc3ccccc3[nH]2)c1. The zero-order valence-electron chi connectivity index (χ0n) is 12.4. The minimum Gasteiger partial charge on any atom is -0.338 e. The first kappa shape index (κ1) is 14.6. The van der Waals surface area contributed by atoms with Gasteiger partial charge in [-0.2, -0.15) is 0 Å². The van der Waals surface area contributed by atoms with Crippen LogP contribution in [0.5, 0.6) is 0 Å². The number of fused-ring (bicyclic) bond motifs is 1. The van der Waals surface area contributed by atoms with Crippen molar-refractivity contribution >= 4 is 34.2 Å². The monoisotopic (exact) mass is 313 g/mol. The van der Waals surface area contributed by atoms with Crippen LogP contribution in [-0.2, 0) is 4.79 Å². The van der Waals surface area contributed by atoms with Crippen molar-refractivity contribution in [3.63, 3.8) is 0 Å². The lowest BCUT2D eigenvalue weighted by atomic mass is 10.1. The Kier molecular flexibility index (Phi) is 3.86. The minimum atomic E-state index is -0.0784. The van der Waals surface area contributed by atoms with Gasteiger partial charge in [-0.3, -0.25) is 4.79 Å². The van der Waals surface area contributed by atoms with Gasteiger partial charge in [-0.05, 0) is 30.3 Å². The Balaban J connectivity index is 2.00. The Morgan fingerprint density at radius 2 is 2.00 bits per heavy atom. The van der Waals surface area contributed by atoms with Crippen LogP contribution in [0.25, 0.3) is 22.4 Å². The number of aromatic amines is 1. The number of para-hydroxylation sites is 2. The van der Waals surface area contributed by atoms with E-state index in [1.54, 1.807) is 12.1 Å². The molecule has 0 atom stereocenters. The van der Waals surface area contributed by atoms with E-state index < -0.39 is 0 Å². The van der Waals surface area contributed by atoms with E-state index in [1.807, 2.05) is 44.2 Å². The van der Waals surface area contributed by atoms with Gasteiger partial charge in [-0.15, -0.1) is 0 Å². The highest BCUT2D eigenvalue weighted by Gasteiger charge is 2.12. The molecular weight excluding hydrogens is 298 g/mol. The molecule has 2 N–H and O–H groups in total. The molecule has 0 bridgehead atoms. The first-order valence-corrected chi connectivity index (χ1v) is 7.48. The molecule has 2 aromatic carbocycles. The molecule has 0 radical (unpaired) electrons. The van der Waals surface area contributed by atoms with E-state index in [2.05, 4.69) is 15.3 Å². The summed E-state index contributed by atoms with van der Waals surface area (Å²) in [6, 6.07) is 13.2. The van der Waals surface area contributed by atoms with Crippen LogP contribution >= 0.6 is 11.6 Å². The number of hydrogen-bond acceptors (Lipinski definition) is 2. The van der Waals surface area contributed by atoms with Crippen LogP contribution in [0.15, 0.2) is 42.5 Å². The number of rotatable bonds is 3. The van der Waals surface area contributed by atoms with E-state index in [9.17, 15) is 4.79 Å². The fraction of sp³-hybridized carbons (Fsp3) is 0.176. The molecular formula is C17H16ClN3O. The second-order valence-electron chi connectivity index (χ2n) is 5.44. The number of hydrogen-bond donors (Lipinski definition) is 2. The van der Waals surface area contributed by atoms with Crippen LogP contribution < -0.4 is 5.32 Å². The maximum atomic E-state index is 11.8. The Hall–Kier alpha value is -2.33. The van der Waals surface area contributed by atoms with Gasteiger partial charge in [0.25, 0.3) is 0 Å². The Morgan fingerprint density at radius 1 is 1.23 bits per heavy atom. The number of halogens is 1. The molecule has 22 heavy (non-hydrogen) atoms. The van der Waals surface area contributed by atoms with Gasteiger partial charge in [-0.1, -0.05) is 37.6 Å². The second kappa shape index (κ2) is 5.81. The van der Waals surface area contributed by atoms with Crippen molar-refractivity contribution < 1.29 is 4.79 Å². The number of amides is 1. The molecule has 0 aliphatic rings. The predicted molar refractivity (Wildman–Crippen MR) is 90.0 cm³/mol. The Bertz CT molecular complexity index is 806. The summed E-state index contributed by atoms with van der Waals surface area (Å²) in [5.41, 5.74) is 3.30. The fourth-order valence-corrected chi connectivity index (χ4v) is 2.36. The third kappa shape index (κ3) is 2.83. The van der Waals surface area contributed by atoms with Crippen molar-refractivity contribution in [3.8, 4) is 11.4 Å². The fourth-order valence-electron chi connectivity index (χ4n) is 2.15. The average Bonchev–Trinajstić information content (AvgIpc) is 2.92. The maximum absolute atomic E-state index is 11.8. The molecule has 3 aromatic rings. The maximum Gasteiger partial charge on any atom is 0.226 e. The Labute approximate surface area is 133 Å². The Morgan fingerprint density at radius 3 is 2.73 bits per heavy atom. The summed E-state index contributed by atoms with van der Waals surface area (Å²) in [4.78, 5) is 19.6. The van der Waals surface area contributed by atoms with E-state index in [4.69, 9.17) is 11.6 Å². The number of imidazole rings is 1. The predicted octanol–water partition coefficient (Wildman–Crippen LogP) is 4.48. The number of carbonyl (C=O) groups is 1. The van der Waals surface area contributed by atoms with Crippen molar-refractivity contribution in [1.29, 1.82) is 0 Å². The van der Waals surface area contributed by atoms with Gasteiger partial charge in [0.2, 0.25) is 5.91 Å². The van der Waals surface area contributed by atoms with Crippen LogP contribution in [0.1, 0.15) is 13.8 Å². The molecule has 0 aliphatic carbocycles. The van der Waals surface area contributed by atoms with Gasteiger partial charge in [0, 0.05) is 17.2 Å². The summed E-state index contributed by atoms with van der Waals surface area (Å²) in [7, 11) is 0. The number of aromatic nitrogens is 2. The number of benzene rings is 2. The van der Waals surface area contributed by atoms with E-state index in [-0.39, 0.29) is 11.8 Å². The van der Waals surface area contributed by atoms with Gasteiger partial charge in [0.1, 0.15) is 5.82 Å². The van der Waals surface area contributed by atoms with Crippen LogP contribution in [0.3, 0.4) is 0 Å². The molecule has 3 rings (SSSR count). The highest BCUT2D eigenvalue weighted by atomic mass is 35.5. The van der Waals surface area contributed by atoms with Crippen LogP contribution in [0.4, 0.5) is 5.69 Å². The quantitative estimate of drug-likeness (QED) is 0.749. The zero-order chi connectivity index (χ0) is 15.7.